The smallest absolute Gasteiger partial charge is 0.230 e. The number of amides is 1. The first-order chi connectivity index (χ1) is 12.2. The van der Waals surface area contributed by atoms with Gasteiger partial charge in [0.1, 0.15) is 0 Å². The van der Waals surface area contributed by atoms with Gasteiger partial charge in [0.15, 0.2) is 5.78 Å². The maximum atomic E-state index is 12.4. The molecule has 0 atom stereocenters. The predicted molar refractivity (Wildman–Crippen MR) is 98.6 cm³/mol. The van der Waals surface area contributed by atoms with E-state index in [1.54, 1.807) is 12.1 Å². The van der Waals surface area contributed by atoms with E-state index in [2.05, 4.69) is 29.2 Å². The first kappa shape index (κ1) is 17.4. The quantitative estimate of drug-likeness (QED) is 0.601. The summed E-state index contributed by atoms with van der Waals surface area (Å²) in [7, 11) is 0. The molecule has 2 aromatic rings. The molecule has 1 amide bonds. The molecule has 25 heavy (non-hydrogen) atoms. The molecule has 1 aliphatic rings. The number of carbonyl (C=O) groups is 2. The molecule has 1 saturated heterocycles. The lowest BCUT2D eigenvalue weighted by Crippen LogP contribution is -2.49. The van der Waals surface area contributed by atoms with E-state index in [4.69, 9.17) is 0 Å². The number of nitrogens with zero attached hydrogens (tertiary/aromatic N) is 2. The Bertz CT molecular complexity index is 692. The van der Waals surface area contributed by atoms with Crippen LogP contribution in [0.1, 0.15) is 22.3 Å². The fourth-order valence-electron chi connectivity index (χ4n) is 3.13. The van der Waals surface area contributed by atoms with Crippen LogP contribution in [0.3, 0.4) is 0 Å². The molecule has 0 saturated carbocycles. The predicted octanol–water partition coefficient (Wildman–Crippen LogP) is 2.65. The Labute approximate surface area is 149 Å². The van der Waals surface area contributed by atoms with Crippen molar-refractivity contribution in [2.45, 2.75) is 12.8 Å². The molecule has 0 aliphatic carbocycles. The Kier molecular flexibility index (Phi) is 5.96. The van der Waals surface area contributed by atoms with E-state index >= 15 is 0 Å². The van der Waals surface area contributed by atoms with Gasteiger partial charge in [0, 0.05) is 38.3 Å². The minimum absolute atomic E-state index is 0.0337. The summed E-state index contributed by atoms with van der Waals surface area (Å²) in [5, 5.41) is 0. The van der Waals surface area contributed by atoms with Crippen LogP contribution in [-0.4, -0.2) is 54.2 Å². The third-order valence-corrected chi connectivity index (χ3v) is 4.69. The second-order valence-electron chi connectivity index (χ2n) is 6.42. The maximum absolute atomic E-state index is 12.4. The summed E-state index contributed by atoms with van der Waals surface area (Å²) in [5.74, 6) is -0.159. The van der Waals surface area contributed by atoms with Crippen molar-refractivity contribution in [1.29, 1.82) is 0 Å². The molecule has 0 radical (unpaired) electrons. The molecule has 0 unspecified atom stereocenters. The van der Waals surface area contributed by atoms with Gasteiger partial charge in [-0.05, 0) is 12.0 Å². The molecule has 4 nitrogen and oxygen atoms in total. The highest BCUT2D eigenvalue weighted by atomic mass is 16.2. The van der Waals surface area contributed by atoms with E-state index < -0.39 is 0 Å². The van der Waals surface area contributed by atoms with Gasteiger partial charge >= 0.3 is 0 Å². The van der Waals surface area contributed by atoms with Crippen molar-refractivity contribution in [1.82, 2.24) is 9.80 Å². The van der Waals surface area contributed by atoms with Crippen LogP contribution in [0.15, 0.2) is 60.7 Å². The van der Waals surface area contributed by atoms with Crippen molar-refractivity contribution >= 4 is 11.7 Å². The van der Waals surface area contributed by atoms with Gasteiger partial charge in [-0.2, -0.15) is 0 Å². The Morgan fingerprint density at radius 1 is 0.800 bits per heavy atom. The zero-order valence-electron chi connectivity index (χ0n) is 14.4. The molecule has 0 bridgehead atoms. The summed E-state index contributed by atoms with van der Waals surface area (Å²) in [4.78, 5) is 28.7. The number of piperazine rings is 1. The molecular formula is C21H24N2O2. The average Bonchev–Trinajstić information content (AvgIpc) is 2.68. The summed E-state index contributed by atoms with van der Waals surface area (Å²) >= 11 is 0. The average molecular weight is 336 g/mol. The molecule has 3 rings (SSSR count). The Hall–Kier alpha value is -2.46. The van der Waals surface area contributed by atoms with Crippen LogP contribution in [0, 0.1) is 0 Å². The van der Waals surface area contributed by atoms with Crippen molar-refractivity contribution in [2.24, 2.45) is 0 Å². The van der Waals surface area contributed by atoms with Crippen LogP contribution in [0.5, 0.6) is 0 Å². The summed E-state index contributed by atoms with van der Waals surface area (Å²) in [5.41, 5.74) is 1.95. The second kappa shape index (κ2) is 8.58. The number of Topliss-reactive ketones (excluding diaryl/α,β-unsaturated/α-hetero) is 1. The number of hydrogen-bond donors (Lipinski definition) is 0. The van der Waals surface area contributed by atoms with Gasteiger partial charge < -0.3 is 4.90 Å². The number of hydrogen-bond acceptors (Lipinski definition) is 3. The molecule has 4 heteroatoms. The molecule has 0 N–H and O–H groups in total. The van der Waals surface area contributed by atoms with Gasteiger partial charge in [-0.1, -0.05) is 60.7 Å². The van der Waals surface area contributed by atoms with Gasteiger partial charge in [0.25, 0.3) is 0 Å². The number of benzene rings is 2. The van der Waals surface area contributed by atoms with Crippen LogP contribution in [0.2, 0.25) is 0 Å². The first-order valence-electron chi connectivity index (χ1n) is 8.85. The van der Waals surface area contributed by atoms with E-state index in [1.165, 1.54) is 5.56 Å². The van der Waals surface area contributed by atoms with Gasteiger partial charge in [-0.25, -0.2) is 0 Å². The van der Waals surface area contributed by atoms with Crippen molar-refractivity contribution in [3.05, 3.63) is 71.8 Å². The van der Waals surface area contributed by atoms with Crippen LogP contribution in [0.4, 0.5) is 0 Å². The Morgan fingerprint density at radius 3 is 2.04 bits per heavy atom. The first-order valence-corrected chi connectivity index (χ1v) is 8.85. The van der Waals surface area contributed by atoms with Crippen molar-refractivity contribution < 1.29 is 9.59 Å². The summed E-state index contributed by atoms with van der Waals surface area (Å²) in [6.07, 6.45) is 0.995. The lowest BCUT2D eigenvalue weighted by atomic mass is 10.1. The largest absolute Gasteiger partial charge is 0.340 e. The minimum atomic E-state index is -0.0999. The number of rotatable bonds is 6. The molecule has 1 heterocycles. The van der Waals surface area contributed by atoms with Gasteiger partial charge in [-0.3, -0.25) is 14.5 Å². The standard InChI is InChI=1S/C21H24N2O2/c24-20(19-9-5-2-6-10-19)17-21(25)23-15-13-22(14-16-23)12-11-18-7-3-1-4-8-18/h1-10H,11-17H2. The lowest BCUT2D eigenvalue weighted by molar-refractivity contribution is -0.131. The molecule has 1 aliphatic heterocycles. The van der Waals surface area contributed by atoms with Crippen molar-refractivity contribution in [2.75, 3.05) is 32.7 Å². The van der Waals surface area contributed by atoms with E-state index in [-0.39, 0.29) is 18.1 Å². The van der Waals surface area contributed by atoms with Gasteiger partial charge in [-0.15, -0.1) is 0 Å². The van der Waals surface area contributed by atoms with Crippen LogP contribution < -0.4 is 0 Å². The topological polar surface area (TPSA) is 40.6 Å². The van der Waals surface area contributed by atoms with E-state index in [1.807, 2.05) is 29.2 Å². The highest BCUT2D eigenvalue weighted by Gasteiger charge is 2.22. The molecule has 1 fully saturated rings. The third kappa shape index (κ3) is 5.00. The fourth-order valence-corrected chi connectivity index (χ4v) is 3.13. The SMILES string of the molecule is O=C(CC(=O)N1CCN(CCc2ccccc2)CC1)c1ccccc1. The fraction of sp³-hybridized carbons (Fsp3) is 0.333. The van der Waals surface area contributed by atoms with E-state index in [9.17, 15) is 9.59 Å². The number of ketones is 1. The van der Waals surface area contributed by atoms with Crippen LogP contribution >= 0.6 is 0 Å². The van der Waals surface area contributed by atoms with Gasteiger partial charge in [0.05, 0.1) is 6.42 Å². The monoisotopic (exact) mass is 336 g/mol. The summed E-state index contributed by atoms with van der Waals surface area (Å²) in [6, 6.07) is 19.5. The molecule has 130 valence electrons. The lowest BCUT2D eigenvalue weighted by Gasteiger charge is -2.34. The Morgan fingerprint density at radius 2 is 1.40 bits per heavy atom. The third-order valence-electron chi connectivity index (χ3n) is 4.69. The van der Waals surface area contributed by atoms with Crippen LogP contribution in [0.25, 0.3) is 0 Å². The molecule has 0 spiro atoms. The maximum Gasteiger partial charge on any atom is 0.230 e. The molecule has 0 aromatic heterocycles. The number of carbonyl (C=O) groups excluding carboxylic acids is 2. The normalized spacial score (nSPS) is 15.1. The second-order valence-corrected chi connectivity index (χ2v) is 6.42. The van der Waals surface area contributed by atoms with Crippen molar-refractivity contribution in [3.63, 3.8) is 0 Å². The van der Waals surface area contributed by atoms with Gasteiger partial charge in [0.2, 0.25) is 5.91 Å². The molecule has 2 aromatic carbocycles. The Balaban J connectivity index is 1.42. The zero-order valence-corrected chi connectivity index (χ0v) is 14.4. The van der Waals surface area contributed by atoms with E-state index in [0.717, 1.165) is 26.1 Å². The van der Waals surface area contributed by atoms with E-state index in [0.29, 0.717) is 18.7 Å². The molecular weight excluding hydrogens is 312 g/mol. The summed E-state index contributed by atoms with van der Waals surface area (Å²) < 4.78 is 0. The highest BCUT2D eigenvalue weighted by molar-refractivity contribution is 6.07. The summed E-state index contributed by atoms with van der Waals surface area (Å²) in [6.45, 7) is 4.16. The van der Waals surface area contributed by atoms with Crippen LogP contribution in [-0.2, 0) is 11.2 Å². The minimum Gasteiger partial charge on any atom is -0.340 e. The van der Waals surface area contributed by atoms with Crippen molar-refractivity contribution in [3.8, 4) is 0 Å². The zero-order chi connectivity index (χ0) is 17.5. The highest BCUT2D eigenvalue weighted by Crippen LogP contribution is 2.09.